The van der Waals surface area contributed by atoms with E-state index in [4.69, 9.17) is 9.47 Å². The standard InChI is InChI=1S/C27H38N4O3/c1-27(34-3)12-15-30(16-13-27)21-8-11-23-24(17-21)31(18-20-5-4-14-28-25(20)29-23)26(32)19-6-9-22(33-2)10-7-19/h4-5,8,11,14,17,19,22,26,32H,6-7,9-10,12-13,15-16,18H2,1-3H3,(H,28,29). The highest BCUT2D eigenvalue weighted by Crippen LogP contribution is 2.41. The molecule has 184 valence electrons. The Labute approximate surface area is 203 Å². The molecule has 3 aliphatic rings. The Morgan fingerprint density at radius 3 is 2.59 bits per heavy atom. The van der Waals surface area contributed by atoms with E-state index in [1.165, 1.54) is 5.69 Å². The second-order valence-electron chi connectivity index (χ2n) is 10.3. The van der Waals surface area contributed by atoms with Gasteiger partial charge < -0.3 is 29.7 Å². The fraction of sp³-hybridized carbons (Fsp3) is 0.593. The topological polar surface area (TPSA) is 70.1 Å². The Kier molecular flexibility index (Phi) is 6.69. The minimum absolute atomic E-state index is 0.0413. The molecule has 34 heavy (non-hydrogen) atoms. The summed E-state index contributed by atoms with van der Waals surface area (Å²) in [5.74, 6) is 1.08. The lowest BCUT2D eigenvalue weighted by Crippen LogP contribution is -2.44. The fourth-order valence-corrected chi connectivity index (χ4v) is 5.69. The third kappa shape index (κ3) is 4.61. The molecule has 2 aromatic rings. The molecule has 1 saturated carbocycles. The zero-order chi connectivity index (χ0) is 23.7. The Balaban J connectivity index is 1.45. The number of hydrogen-bond donors (Lipinski definition) is 2. The number of methoxy groups -OCH3 is 2. The summed E-state index contributed by atoms with van der Waals surface area (Å²) < 4.78 is 11.3. The number of ether oxygens (including phenoxy) is 2. The van der Waals surface area contributed by atoms with Crippen LogP contribution < -0.4 is 15.1 Å². The predicted octanol–water partition coefficient (Wildman–Crippen LogP) is 4.67. The third-order valence-corrected chi connectivity index (χ3v) is 8.25. The largest absolute Gasteiger partial charge is 0.381 e. The van der Waals surface area contributed by atoms with Gasteiger partial charge in [0.25, 0.3) is 0 Å². The molecule has 7 nitrogen and oxygen atoms in total. The van der Waals surface area contributed by atoms with Crippen LogP contribution in [0.2, 0.25) is 0 Å². The predicted molar refractivity (Wildman–Crippen MR) is 136 cm³/mol. The highest BCUT2D eigenvalue weighted by atomic mass is 16.5. The highest BCUT2D eigenvalue weighted by molar-refractivity contribution is 5.81. The summed E-state index contributed by atoms with van der Waals surface area (Å²) in [6, 6.07) is 10.6. The minimum Gasteiger partial charge on any atom is -0.381 e. The number of rotatable bonds is 5. The molecule has 2 N–H and O–H groups in total. The SMILES string of the molecule is COC1CCC(C(O)N2Cc3cccnc3Nc3ccc(N4CCC(C)(OC)CC4)cc32)CC1. The molecule has 1 aromatic carbocycles. The monoisotopic (exact) mass is 466 g/mol. The number of benzene rings is 1. The smallest absolute Gasteiger partial charge is 0.135 e. The van der Waals surface area contributed by atoms with Crippen molar-refractivity contribution in [3.63, 3.8) is 0 Å². The molecule has 3 heterocycles. The molecule has 0 radical (unpaired) electrons. The number of pyridine rings is 1. The summed E-state index contributed by atoms with van der Waals surface area (Å²) in [7, 11) is 3.61. The van der Waals surface area contributed by atoms with E-state index in [1.807, 2.05) is 19.4 Å². The Morgan fingerprint density at radius 2 is 1.88 bits per heavy atom. The van der Waals surface area contributed by atoms with E-state index >= 15 is 0 Å². The van der Waals surface area contributed by atoms with Crippen LogP contribution in [0.25, 0.3) is 0 Å². The average Bonchev–Trinajstić information content (AvgIpc) is 3.05. The molecule has 1 aromatic heterocycles. The molecule has 0 amide bonds. The molecule has 5 rings (SSSR count). The quantitative estimate of drug-likeness (QED) is 0.663. The molecule has 7 heteroatoms. The summed E-state index contributed by atoms with van der Waals surface area (Å²) in [4.78, 5) is 9.20. The van der Waals surface area contributed by atoms with Crippen LogP contribution in [-0.2, 0) is 16.0 Å². The minimum atomic E-state index is -0.557. The third-order valence-electron chi connectivity index (χ3n) is 8.25. The van der Waals surface area contributed by atoms with Gasteiger partial charge in [-0.3, -0.25) is 0 Å². The summed E-state index contributed by atoms with van der Waals surface area (Å²) in [6.07, 6.45) is 7.53. The summed E-state index contributed by atoms with van der Waals surface area (Å²) >= 11 is 0. The van der Waals surface area contributed by atoms with E-state index < -0.39 is 6.23 Å². The number of aromatic nitrogens is 1. The van der Waals surface area contributed by atoms with Crippen molar-refractivity contribution >= 4 is 22.9 Å². The average molecular weight is 467 g/mol. The van der Waals surface area contributed by atoms with Crippen LogP contribution in [0.3, 0.4) is 0 Å². The van der Waals surface area contributed by atoms with Gasteiger partial charge in [0.15, 0.2) is 0 Å². The maximum Gasteiger partial charge on any atom is 0.135 e. The van der Waals surface area contributed by atoms with Crippen molar-refractivity contribution in [2.45, 2.75) is 69.9 Å². The van der Waals surface area contributed by atoms with E-state index in [1.54, 1.807) is 7.11 Å². The zero-order valence-electron chi connectivity index (χ0n) is 20.7. The Morgan fingerprint density at radius 1 is 1.12 bits per heavy atom. The van der Waals surface area contributed by atoms with Crippen molar-refractivity contribution in [2.24, 2.45) is 5.92 Å². The van der Waals surface area contributed by atoms with Gasteiger partial charge in [-0.1, -0.05) is 6.07 Å². The molecule has 2 fully saturated rings. The van der Waals surface area contributed by atoms with Gasteiger partial charge in [-0.25, -0.2) is 4.98 Å². The van der Waals surface area contributed by atoms with Gasteiger partial charge in [0.1, 0.15) is 12.0 Å². The molecular weight excluding hydrogens is 428 g/mol. The molecule has 1 unspecified atom stereocenters. The number of piperidine rings is 1. The van der Waals surface area contributed by atoms with Gasteiger partial charge in [-0.05, 0) is 69.7 Å². The lowest BCUT2D eigenvalue weighted by molar-refractivity contribution is -0.0132. The summed E-state index contributed by atoms with van der Waals surface area (Å²) in [5, 5.41) is 15.2. The molecule has 1 saturated heterocycles. The van der Waals surface area contributed by atoms with Crippen LogP contribution >= 0.6 is 0 Å². The van der Waals surface area contributed by atoms with E-state index in [9.17, 15) is 5.11 Å². The number of aliphatic hydroxyl groups excluding tert-OH is 1. The van der Waals surface area contributed by atoms with Gasteiger partial charge in [-0.15, -0.1) is 0 Å². The molecular formula is C27H38N4O3. The van der Waals surface area contributed by atoms with Crippen LogP contribution in [0, 0.1) is 5.92 Å². The first kappa shape index (κ1) is 23.4. The van der Waals surface area contributed by atoms with Gasteiger partial charge in [-0.2, -0.15) is 0 Å². The number of fused-ring (bicyclic) bond motifs is 2. The van der Waals surface area contributed by atoms with Crippen molar-refractivity contribution in [3.8, 4) is 0 Å². The molecule has 2 aliphatic heterocycles. The molecule has 0 bridgehead atoms. The summed E-state index contributed by atoms with van der Waals surface area (Å²) in [5.41, 5.74) is 4.28. The van der Waals surface area contributed by atoms with E-state index in [0.29, 0.717) is 12.6 Å². The molecule has 0 spiro atoms. The first-order chi connectivity index (χ1) is 16.5. The van der Waals surface area contributed by atoms with Gasteiger partial charge in [0.05, 0.1) is 23.1 Å². The van der Waals surface area contributed by atoms with E-state index in [-0.39, 0.29) is 11.5 Å². The Bertz CT molecular complexity index is 984. The van der Waals surface area contributed by atoms with Gasteiger partial charge in [0.2, 0.25) is 0 Å². The number of hydrogen-bond acceptors (Lipinski definition) is 7. The lowest BCUT2D eigenvalue weighted by atomic mass is 9.85. The normalized spacial score (nSPS) is 25.1. The van der Waals surface area contributed by atoms with Crippen LogP contribution in [0.1, 0.15) is 51.0 Å². The number of nitrogens with zero attached hydrogens (tertiary/aromatic N) is 3. The number of aliphatic hydroxyl groups is 1. The molecule has 1 aliphatic carbocycles. The van der Waals surface area contributed by atoms with Gasteiger partial charge >= 0.3 is 0 Å². The first-order valence-electron chi connectivity index (χ1n) is 12.6. The van der Waals surface area contributed by atoms with Crippen LogP contribution in [0.5, 0.6) is 0 Å². The molecule has 1 atom stereocenters. The summed E-state index contributed by atoms with van der Waals surface area (Å²) in [6.45, 7) is 4.75. The fourth-order valence-electron chi connectivity index (χ4n) is 5.69. The van der Waals surface area contributed by atoms with Crippen LogP contribution in [0.4, 0.5) is 22.9 Å². The van der Waals surface area contributed by atoms with E-state index in [0.717, 1.165) is 74.4 Å². The second kappa shape index (κ2) is 9.72. The van der Waals surface area contributed by atoms with E-state index in [2.05, 4.69) is 51.3 Å². The van der Waals surface area contributed by atoms with Crippen molar-refractivity contribution in [2.75, 3.05) is 42.4 Å². The zero-order valence-corrected chi connectivity index (χ0v) is 20.7. The number of anilines is 4. The van der Waals surface area contributed by atoms with Crippen molar-refractivity contribution in [1.29, 1.82) is 0 Å². The lowest BCUT2D eigenvalue weighted by Gasteiger charge is -2.41. The first-order valence-corrected chi connectivity index (χ1v) is 12.6. The second-order valence-corrected chi connectivity index (χ2v) is 10.3. The van der Waals surface area contributed by atoms with Crippen molar-refractivity contribution in [3.05, 3.63) is 42.1 Å². The maximum absolute atomic E-state index is 11.7. The van der Waals surface area contributed by atoms with Gasteiger partial charge in [0, 0.05) is 57.2 Å². The Hall–Kier alpha value is -2.35. The number of nitrogens with one attached hydrogen (secondary N) is 1. The van der Waals surface area contributed by atoms with Crippen LogP contribution in [-0.4, -0.2) is 55.3 Å². The van der Waals surface area contributed by atoms with Crippen molar-refractivity contribution in [1.82, 2.24) is 4.98 Å². The van der Waals surface area contributed by atoms with Crippen LogP contribution in [0.15, 0.2) is 36.5 Å². The maximum atomic E-state index is 11.7. The van der Waals surface area contributed by atoms with Crippen molar-refractivity contribution < 1.29 is 14.6 Å². The highest BCUT2D eigenvalue weighted by Gasteiger charge is 2.34.